The lowest BCUT2D eigenvalue weighted by molar-refractivity contribution is 0.0698. The Hall–Kier alpha value is -1.48. The van der Waals surface area contributed by atoms with E-state index >= 15 is 0 Å². The Balaban J connectivity index is 2.33. The highest BCUT2D eigenvalue weighted by Gasteiger charge is 2.16. The molecule has 0 aliphatic carbocycles. The van der Waals surface area contributed by atoms with Crippen LogP contribution in [0.5, 0.6) is 0 Å². The van der Waals surface area contributed by atoms with Gasteiger partial charge in [-0.1, -0.05) is 0 Å². The fourth-order valence-corrected chi connectivity index (χ4v) is 2.46. The van der Waals surface area contributed by atoms with Crippen LogP contribution >= 0.6 is 38.5 Å². The van der Waals surface area contributed by atoms with Crippen LogP contribution in [0.15, 0.2) is 41.0 Å². The molecule has 7 heteroatoms. The minimum absolute atomic E-state index is 0.0392. The Kier molecular flexibility index (Phi) is 4.71. The minimum Gasteiger partial charge on any atom is -0.478 e. The van der Waals surface area contributed by atoms with Crippen LogP contribution in [-0.4, -0.2) is 22.0 Å². The number of aromatic carboxylic acids is 1. The van der Waals surface area contributed by atoms with Crippen LogP contribution in [0.2, 0.25) is 0 Å². The maximum Gasteiger partial charge on any atom is 0.337 e. The van der Waals surface area contributed by atoms with Crippen molar-refractivity contribution in [3.63, 3.8) is 0 Å². The number of carboxylic acids is 1. The lowest BCUT2D eigenvalue weighted by atomic mass is 10.1. The lowest BCUT2D eigenvalue weighted by Gasteiger charge is -2.09. The monoisotopic (exact) mass is 446 g/mol. The van der Waals surface area contributed by atoms with Gasteiger partial charge in [0.2, 0.25) is 0 Å². The van der Waals surface area contributed by atoms with Crippen LogP contribution in [0.3, 0.4) is 0 Å². The minimum atomic E-state index is -1.10. The molecule has 20 heavy (non-hydrogen) atoms. The topological polar surface area (TPSA) is 79.3 Å². The van der Waals surface area contributed by atoms with E-state index in [0.717, 1.165) is 3.57 Å². The number of hydrogen-bond donors (Lipinski definition) is 2. The number of amides is 1. The van der Waals surface area contributed by atoms with E-state index in [1.54, 1.807) is 24.3 Å². The largest absolute Gasteiger partial charge is 0.478 e. The molecule has 0 aliphatic rings. The zero-order chi connectivity index (χ0) is 14.7. The molecule has 102 valence electrons. The van der Waals surface area contributed by atoms with Crippen molar-refractivity contribution >= 4 is 56.1 Å². The predicted octanol–water partition coefficient (Wildman–Crippen LogP) is 3.40. The van der Waals surface area contributed by atoms with Gasteiger partial charge in [-0.2, -0.15) is 0 Å². The third kappa shape index (κ3) is 3.34. The van der Waals surface area contributed by atoms with Gasteiger partial charge in [0.15, 0.2) is 0 Å². The average Bonchev–Trinajstić information content (AvgIpc) is 2.41. The van der Waals surface area contributed by atoms with Crippen molar-refractivity contribution in [1.29, 1.82) is 0 Å². The highest BCUT2D eigenvalue weighted by atomic mass is 127. The third-order valence-electron chi connectivity index (χ3n) is 2.43. The zero-order valence-electron chi connectivity index (χ0n) is 9.93. The van der Waals surface area contributed by atoms with Crippen LogP contribution in [0.4, 0.5) is 5.69 Å². The van der Waals surface area contributed by atoms with Gasteiger partial charge in [-0.25, -0.2) is 9.78 Å². The molecule has 2 aromatic rings. The van der Waals surface area contributed by atoms with Crippen molar-refractivity contribution in [2.45, 2.75) is 0 Å². The molecule has 1 amide bonds. The number of anilines is 1. The number of nitrogens with zero attached hydrogens (tertiary/aromatic N) is 1. The molecule has 2 N–H and O–H groups in total. The van der Waals surface area contributed by atoms with Crippen LogP contribution in [0.25, 0.3) is 0 Å². The fraction of sp³-hybridized carbons (Fsp3) is 0. The van der Waals surface area contributed by atoms with E-state index in [0.29, 0.717) is 4.47 Å². The van der Waals surface area contributed by atoms with Gasteiger partial charge in [0.25, 0.3) is 5.91 Å². The number of carbonyl (C=O) groups excluding carboxylic acids is 1. The molecule has 0 saturated heterocycles. The van der Waals surface area contributed by atoms with Gasteiger partial charge < -0.3 is 10.4 Å². The molecular weight excluding hydrogens is 439 g/mol. The molecule has 0 fully saturated rings. The van der Waals surface area contributed by atoms with E-state index in [1.165, 1.54) is 12.3 Å². The highest BCUT2D eigenvalue weighted by Crippen LogP contribution is 2.21. The molecule has 0 unspecified atom stereocenters. The number of nitrogens with one attached hydrogen (secondary N) is 1. The first kappa shape index (κ1) is 14.9. The van der Waals surface area contributed by atoms with Crippen molar-refractivity contribution in [2.24, 2.45) is 0 Å². The number of carboxylic acid groups (broad SMARTS) is 1. The normalized spacial score (nSPS) is 10.1. The second kappa shape index (κ2) is 6.31. The molecule has 1 aromatic heterocycles. The van der Waals surface area contributed by atoms with E-state index in [1.807, 2.05) is 22.6 Å². The van der Waals surface area contributed by atoms with E-state index in [-0.39, 0.29) is 16.9 Å². The van der Waals surface area contributed by atoms with Crippen molar-refractivity contribution in [1.82, 2.24) is 4.98 Å². The SMILES string of the molecule is O=C(O)c1cc(I)ccc1NC(=O)c1ncccc1Br. The van der Waals surface area contributed by atoms with Crippen LogP contribution < -0.4 is 5.32 Å². The molecule has 0 bridgehead atoms. The maximum absolute atomic E-state index is 12.1. The molecule has 1 heterocycles. The molecule has 0 radical (unpaired) electrons. The van der Waals surface area contributed by atoms with Crippen molar-refractivity contribution < 1.29 is 14.7 Å². The summed E-state index contributed by atoms with van der Waals surface area (Å²) in [5, 5.41) is 11.7. The molecule has 0 saturated carbocycles. The van der Waals surface area contributed by atoms with Crippen molar-refractivity contribution in [2.75, 3.05) is 5.32 Å². The summed E-state index contributed by atoms with van der Waals surface area (Å²) in [7, 11) is 0. The van der Waals surface area contributed by atoms with Gasteiger partial charge in [0.05, 0.1) is 11.3 Å². The number of carbonyl (C=O) groups is 2. The number of pyridine rings is 1. The summed E-state index contributed by atoms with van der Waals surface area (Å²) in [6.07, 6.45) is 1.49. The third-order valence-corrected chi connectivity index (χ3v) is 3.74. The van der Waals surface area contributed by atoms with Crippen LogP contribution in [0.1, 0.15) is 20.8 Å². The molecule has 2 rings (SSSR count). The number of benzene rings is 1. The van der Waals surface area contributed by atoms with Crippen LogP contribution in [-0.2, 0) is 0 Å². The van der Waals surface area contributed by atoms with E-state index < -0.39 is 11.9 Å². The second-order valence-electron chi connectivity index (χ2n) is 3.78. The van der Waals surface area contributed by atoms with Crippen molar-refractivity contribution in [3.8, 4) is 0 Å². The number of aromatic nitrogens is 1. The van der Waals surface area contributed by atoms with Gasteiger partial charge in [0.1, 0.15) is 5.69 Å². The van der Waals surface area contributed by atoms with Gasteiger partial charge in [0, 0.05) is 14.2 Å². The Morgan fingerprint density at radius 1 is 1.30 bits per heavy atom. The summed E-state index contributed by atoms with van der Waals surface area (Å²) in [6.45, 7) is 0. The highest BCUT2D eigenvalue weighted by molar-refractivity contribution is 14.1. The smallest absolute Gasteiger partial charge is 0.337 e. The van der Waals surface area contributed by atoms with Crippen molar-refractivity contribution in [3.05, 3.63) is 55.8 Å². The first-order chi connectivity index (χ1) is 9.49. The Morgan fingerprint density at radius 2 is 2.05 bits per heavy atom. The molecule has 5 nitrogen and oxygen atoms in total. The predicted molar refractivity (Wildman–Crippen MR) is 86.0 cm³/mol. The summed E-state index contributed by atoms with van der Waals surface area (Å²) >= 11 is 5.24. The van der Waals surface area contributed by atoms with E-state index in [2.05, 4.69) is 26.2 Å². The zero-order valence-corrected chi connectivity index (χ0v) is 13.7. The first-order valence-electron chi connectivity index (χ1n) is 5.44. The first-order valence-corrected chi connectivity index (χ1v) is 7.31. The molecule has 0 atom stereocenters. The average molecular weight is 447 g/mol. The molecular formula is C13H8BrIN2O3. The molecule has 0 aliphatic heterocycles. The molecule has 1 aromatic carbocycles. The standard InChI is InChI=1S/C13H8BrIN2O3/c14-9-2-1-5-16-11(9)12(18)17-10-4-3-7(15)6-8(10)13(19)20/h1-6H,(H,17,18)(H,19,20). The summed E-state index contributed by atoms with van der Waals surface area (Å²) in [5.74, 6) is -1.57. The maximum atomic E-state index is 12.1. The second-order valence-corrected chi connectivity index (χ2v) is 5.88. The summed E-state index contributed by atoms with van der Waals surface area (Å²) < 4.78 is 1.32. The number of halogens is 2. The number of rotatable bonds is 3. The molecule has 0 spiro atoms. The number of hydrogen-bond acceptors (Lipinski definition) is 3. The van der Waals surface area contributed by atoms with Gasteiger partial charge in [-0.05, 0) is 68.9 Å². The lowest BCUT2D eigenvalue weighted by Crippen LogP contribution is -2.16. The summed E-state index contributed by atoms with van der Waals surface area (Å²) in [5.41, 5.74) is 0.472. The Morgan fingerprint density at radius 3 is 2.70 bits per heavy atom. The van der Waals surface area contributed by atoms with E-state index in [9.17, 15) is 9.59 Å². The quantitative estimate of drug-likeness (QED) is 0.708. The van der Waals surface area contributed by atoms with E-state index in [4.69, 9.17) is 5.11 Å². The Bertz CT molecular complexity index is 691. The van der Waals surface area contributed by atoms with Gasteiger partial charge in [-0.15, -0.1) is 0 Å². The summed E-state index contributed by atoms with van der Waals surface area (Å²) in [6, 6.07) is 8.14. The fourth-order valence-electron chi connectivity index (χ4n) is 1.54. The van der Waals surface area contributed by atoms with Crippen LogP contribution in [0, 0.1) is 3.57 Å². The van der Waals surface area contributed by atoms with Gasteiger partial charge >= 0.3 is 5.97 Å². The Labute approximate surface area is 136 Å². The van der Waals surface area contributed by atoms with Gasteiger partial charge in [-0.3, -0.25) is 4.79 Å². The summed E-state index contributed by atoms with van der Waals surface area (Å²) in [4.78, 5) is 27.2.